The summed E-state index contributed by atoms with van der Waals surface area (Å²) in [6, 6.07) is 11.2. The Kier molecular flexibility index (Phi) is 2.68. The summed E-state index contributed by atoms with van der Waals surface area (Å²) >= 11 is 0. The van der Waals surface area contributed by atoms with Crippen molar-refractivity contribution in [3.8, 4) is 0 Å². The smallest absolute Gasteiger partial charge is 0.274 e. The number of nitrogens with zero attached hydrogens (tertiary/aromatic N) is 1. The zero-order valence-corrected chi connectivity index (χ0v) is 9.81. The van der Waals surface area contributed by atoms with Gasteiger partial charge in [0, 0.05) is 12.7 Å². The van der Waals surface area contributed by atoms with Crippen LogP contribution in [0.4, 0.5) is 11.4 Å². The zero-order chi connectivity index (χ0) is 12.4. The molecule has 1 amide bonds. The van der Waals surface area contributed by atoms with Gasteiger partial charge in [0.15, 0.2) is 0 Å². The molecule has 1 aromatic carbocycles. The van der Waals surface area contributed by atoms with Crippen LogP contribution in [0.3, 0.4) is 0 Å². The van der Waals surface area contributed by atoms with Gasteiger partial charge in [-0.25, -0.2) is 0 Å². The van der Waals surface area contributed by atoms with Gasteiger partial charge >= 0.3 is 0 Å². The Balaban J connectivity index is 1.86. The molecule has 2 aromatic rings. The Bertz CT molecular complexity index is 581. The Morgan fingerprint density at radius 2 is 2.17 bits per heavy atom. The summed E-state index contributed by atoms with van der Waals surface area (Å²) in [5, 5.41) is 6.19. The van der Waals surface area contributed by atoms with Crippen LogP contribution < -0.4 is 10.6 Å². The lowest BCUT2D eigenvalue weighted by Crippen LogP contribution is -2.14. The summed E-state index contributed by atoms with van der Waals surface area (Å²) in [6.45, 7) is 0.922. The largest absolute Gasteiger partial charge is 0.383 e. The lowest BCUT2D eigenvalue weighted by atomic mass is 10.1. The fourth-order valence-corrected chi connectivity index (χ4v) is 2.13. The van der Waals surface area contributed by atoms with Crippen molar-refractivity contribution in [1.29, 1.82) is 0 Å². The summed E-state index contributed by atoms with van der Waals surface area (Å²) in [4.78, 5) is 16.0. The van der Waals surface area contributed by atoms with E-state index in [1.165, 1.54) is 5.56 Å². The number of aromatic nitrogens is 1. The van der Waals surface area contributed by atoms with Crippen molar-refractivity contribution in [2.45, 2.75) is 6.42 Å². The second-order valence-electron chi connectivity index (χ2n) is 4.19. The minimum absolute atomic E-state index is 0.183. The Morgan fingerprint density at radius 1 is 1.22 bits per heavy atom. The molecule has 4 heteroatoms. The maximum Gasteiger partial charge on any atom is 0.274 e. The number of benzene rings is 1. The highest BCUT2D eigenvalue weighted by molar-refractivity contribution is 6.05. The van der Waals surface area contributed by atoms with E-state index < -0.39 is 0 Å². The van der Waals surface area contributed by atoms with Crippen molar-refractivity contribution < 1.29 is 4.79 Å². The van der Waals surface area contributed by atoms with Crippen molar-refractivity contribution in [2.24, 2.45) is 0 Å². The van der Waals surface area contributed by atoms with Gasteiger partial charge in [0.25, 0.3) is 5.91 Å². The molecule has 0 bridgehead atoms. The van der Waals surface area contributed by atoms with E-state index in [1.807, 2.05) is 12.1 Å². The highest BCUT2D eigenvalue weighted by atomic mass is 16.1. The first-order valence-corrected chi connectivity index (χ1v) is 5.93. The van der Waals surface area contributed by atoms with Gasteiger partial charge in [-0.05, 0) is 30.2 Å². The van der Waals surface area contributed by atoms with Gasteiger partial charge < -0.3 is 10.6 Å². The van der Waals surface area contributed by atoms with Gasteiger partial charge in [0.05, 0.1) is 11.4 Å². The molecule has 2 heterocycles. The number of hydrogen-bond donors (Lipinski definition) is 2. The minimum Gasteiger partial charge on any atom is -0.383 e. The van der Waals surface area contributed by atoms with E-state index in [-0.39, 0.29) is 5.91 Å². The first-order chi connectivity index (χ1) is 8.84. The maximum atomic E-state index is 12.0. The number of fused-ring (bicyclic) bond motifs is 1. The predicted octanol–water partition coefficient (Wildman–Crippen LogP) is 2.30. The van der Waals surface area contributed by atoms with E-state index in [1.54, 1.807) is 24.4 Å². The topological polar surface area (TPSA) is 54.0 Å². The molecule has 0 aliphatic carbocycles. The van der Waals surface area contributed by atoms with Crippen LogP contribution in [-0.2, 0) is 6.42 Å². The fourth-order valence-electron chi connectivity index (χ4n) is 2.13. The molecule has 0 fully saturated rings. The van der Waals surface area contributed by atoms with Crippen molar-refractivity contribution >= 4 is 17.3 Å². The molecule has 0 saturated heterocycles. The lowest BCUT2D eigenvalue weighted by Gasteiger charge is -2.09. The normalized spacial score (nSPS) is 12.7. The van der Waals surface area contributed by atoms with Crippen LogP contribution in [0.5, 0.6) is 0 Å². The number of hydrogen-bond acceptors (Lipinski definition) is 3. The SMILES string of the molecule is O=C(Nc1cccc2c1NCC2)c1ccccn1. The molecule has 2 N–H and O–H groups in total. The van der Waals surface area contributed by atoms with Crippen LogP contribution in [0.2, 0.25) is 0 Å². The summed E-state index contributed by atoms with van der Waals surface area (Å²) in [5.41, 5.74) is 3.52. The van der Waals surface area contributed by atoms with Gasteiger partial charge in [-0.1, -0.05) is 18.2 Å². The number of amides is 1. The lowest BCUT2D eigenvalue weighted by molar-refractivity contribution is 0.102. The van der Waals surface area contributed by atoms with Crippen LogP contribution in [-0.4, -0.2) is 17.4 Å². The molecule has 3 rings (SSSR count). The van der Waals surface area contributed by atoms with Crippen molar-refractivity contribution in [3.05, 3.63) is 53.9 Å². The van der Waals surface area contributed by atoms with E-state index >= 15 is 0 Å². The molecule has 1 aliphatic rings. The van der Waals surface area contributed by atoms with Crippen LogP contribution >= 0.6 is 0 Å². The number of para-hydroxylation sites is 1. The Morgan fingerprint density at radius 3 is 3.00 bits per heavy atom. The Labute approximate surface area is 105 Å². The van der Waals surface area contributed by atoms with E-state index in [9.17, 15) is 4.79 Å². The number of nitrogens with one attached hydrogen (secondary N) is 2. The van der Waals surface area contributed by atoms with Crippen LogP contribution in [0, 0.1) is 0 Å². The van der Waals surface area contributed by atoms with Crippen LogP contribution in [0.25, 0.3) is 0 Å². The molecule has 0 saturated carbocycles. The van der Waals surface area contributed by atoms with Gasteiger partial charge in [-0.2, -0.15) is 0 Å². The van der Waals surface area contributed by atoms with E-state index in [2.05, 4.69) is 21.7 Å². The second-order valence-corrected chi connectivity index (χ2v) is 4.19. The summed E-state index contributed by atoms with van der Waals surface area (Å²) in [7, 11) is 0. The third kappa shape index (κ3) is 1.93. The third-order valence-corrected chi connectivity index (χ3v) is 2.99. The average molecular weight is 239 g/mol. The molecule has 1 aliphatic heterocycles. The third-order valence-electron chi connectivity index (χ3n) is 2.99. The highest BCUT2D eigenvalue weighted by Crippen LogP contribution is 2.30. The number of anilines is 2. The summed E-state index contributed by atoms with van der Waals surface area (Å²) in [6.07, 6.45) is 2.62. The zero-order valence-electron chi connectivity index (χ0n) is 9.81. The molecule has 0 unspecified atom stereocenters. The second kappa shape index (κ2) is 4.49. The molecule has 18 heavy (non-hydrogen) atoms. The molecule has 0 spiro atoms. The molecule has 4 nitrogen and oxygen atoms in total. The van der Waals surface area contributed by atoms with Crippen LogP contribution in [0.1, 0.15) is 16.1 Å². The monoisotopic (exact) mass is 239 g/mol. The molecular weight excluding hydrogens is 226 g/mol. The number of pyridine rings is 1. The van der Waals surface area contributed by atoms with Crippen molar-refractivity contribution in [3.63, 3.8) is 0 Å². The standard InChI is InChI=1S/C14H13N3O/c18-14(12-5-1-2-8-15-12)17-11-6-3-4-10-7-9-16-13(10)11/h1-6,8,16H,7,9H2,(H,17,18). The minimum atomic E-state index is -0.183. The predicted molar refractivity (Wildman–Crippen MR) is 70.8 cm³/mol. The molecule has 0 atom stereocenters. The van der Waals surface area contributed by atoms with Crippen molar-refractivity contribution in [2.75, 3.05) is 17.2 Å². The first-order valence-electron chi connectivity index (χ1n) is 5.93. The Hall–Kier alpha value is -2.36. The summed E-state index contributed by atoms with van der Waals surface area (Å²) < 4.78 is 0. The number of carbonyl (C=O) groups is 1. The van der Waals surface area contributed by atoms with Gasteiger partial charge in [0.1, 0.15) is 5.69 Å². The van der Waals surface area contributed by atoms with Gasteiger partial charge in [0.2, 0.25) is 0 Å². The fraction of sp³-hybridized carbons (Fsp3) is 0.143. The number of rotatable bonds is 2. The molecule has 0 radical (unpaired) electrons. The first kappa shape index (κ1) is 10.8. The highest BCUT2D eigenvalue weighted by Gasteiger charge is 2.15. The van der Waals surface area contributed by atoms with E-state index in [4.69, 9.17) is 0 Å². The average Bonchev–Trinajstić information content (AvgIpc) is 2.89. The van der Waals surface area contributed by atoms with Gasteiger partial charge in [-0.15, -0.1) is 0 Å². The maximum absolute atomic E-state index is 12.0. The van der Waals surface area contributed by atoms with E-state index in [0.717, 1.165) is 24.3 Å². The molecule has 1 aromatic heterocycles. The van der Waals surface area contributed by atoms with Crippen LogP contribution in [0.15, 0.2) is 42.6 Å². The summed E-state index contributed by atoms with van der Waals surface area (Å²) in [5.74, 6) is -0.183. The number of carbonyl (C=O) groups excluding carboxylic acids is 1. The van der Waals surface area contributed by atoms with Gasteiger partial charge in [-0.3, -0.25) is 9.78 Å². The van der Waals surface area contributed by atoms with E-state index in [0.29, 0.717) is 5.69 Å². The quantitative estimate of drug-likeness (QED) is 0.845. The molecular formula is C14H13N3O. The van der Waals surface area contributed by atoms with Crippen molar-refractivity contribution in [1.82, 2.24) is 4.98 Å². The molecule has 90 valence electrons.